The fourth-order valence-corrected chi connectivity index (χ4v) is 4.76. The highest BCUT2D eigenvalue weighted by Crippen LogP contribution is 2.43. The van der Waals surface area contributed by atoms with Gasteiger partial charge in [0.1, 0.15) is 5.69 Å². The van der Waals surface area contributed by atoms with Crippen molar-refractivity contribution in [1.29, 1.82) is 0 Å². The molecule has 1 atom stereocenters. The first kappa shape index (κ1) is 22.0. The standard InChI is InChI=1S/C20H20F4N4OS/c1-10-15(17-14(21)9-27-28(17)2)16(18(30-10)19(26)29)12(8-25)7-11-5-3-4-6-13(11)20(22,23)24/h3-6,9,12H,7-8,25H2,1-2H3,(H2,26,29)/t12-/m1/s1. The van der Waals surface area contributed by atoms with E-state index in [2.05, 4.69) is 5.10 Å². The van der Waals surface area contributed by atoms with Crippen LogP contribution in [0.5, 0.6) is 0 Å². The minimum atomic E-state index is -4.54. The average Bonchev–Trinajstić information content (AvgIpc) is 3.18. The Kier molecular flexibility index (Phi) is 6.00. The van der Waals surface area contributed by atoms with Crippen LogP contribution in [-0.4, -0.2) is 22.2 Å². The Morgan fingerprint density at radius 2 is 1.97 bits per heavy atom. The van der Waals surface area contributed by atoms with E-state index in [-0.39, 0.29) is 29.1 Å². The number of carbonyl (C=O) groups excluding carboxylic acids is 1. The van der Waals surface area contributed by atoms with E-state index in [0.717, 1.165) is 23.6 Å². The molecular weight excluding hydrogens is 420 g/mol. The molecule has 160 valence electrons. The zero-order chi connectivity index (χ0) is 22.2. The minimum Gasteiger partial charge on any atom is -0.365 e. The van der Waals surface area contributed by atoms with Crippen LogP contribution >= 0.6 is 11.3 Å². The Morgan fingerprint density at radius 3 is 2.50 bits per heavy atom. The number of nitrogens with zero attached hydrogens (tertiary/aromatic N) is 2. The lowest BCUT2D eigenvalue weighted by atomic mass is 9.86. The van der Waals surface area contributed by atoms with Gasteiger partial charge in [0.2, 0.25) is 0 Å². The van der Waals surface area contributed by atoms with Crippen molar-refractivity contribution in [2.45, 2.75) is 25.4 Å². The van der Waals surface area contributed by atoms with Gasteiger partial charge in [-0.2, -0.15) is 18.3 Å². The van der Waals surface area contributed by atoms with Gasteiger partial charge in [0.05, 0.1) is 16.6 Å². The molecule has 0 spiro atoms. The molecule has 0 aliphatic rings. The second kappa shape index (κ2) is 8.19. The van der Waals surface area contributed by atoms with Gasteiger partial charge in [-0.15, -0.1) is 11.3 Å². The van der Waals surface area contributed by atoms with E-state index in [9.17, 15) is 22.4 Å². The summed E-state index contributed by atoms with van der Waals surface area (Å²) in [4.78, 5) is 12.9. The third-order valence-electron chi connectivity index (χ3n) is 4.96. The van der Waals surface area contributed by atoms with E-state index in [1.807, 2.05) is 0 Å². The van der Waals surface area contributed by atoms with E-state index in [1.165, 1.54) is 22.9 Å². The van der Waals surface area contributed by atoms with Crippen molar-refractivity contribution in [2.75, 3.05) is 6.54 Å². The van der Waals surface area contributed by atoms with Crippen molar-refractivity contribution in [1.82, 2.24) is 9.78 Å². The van der Waals surface area contributed by atoms with E-state index in [4.69, 9.17) is 11.5 Å². The van der Waals surface area contributed by atoms with E-state index < -0.39 is 29.4 Å². The lowest BCUT2D eigenvalue weighted by Crippen LogP contribution is -2.21. The van der Waals surface area contributed by atoms with Crippen LogP contribution in [0.2, 0.25) is 0 Å². The van der Waals surface area contributed by atoms with Gasteiger partial charge < -0.3 is 11.5 Å². The first-order chi connectivity index (χ1) is 14.1. The summed E-state index contributed by atoms with van der Waals surface area (Å²) in [6, 6.07) is 5.19. The van der Waals surface area contributed by atoms with Crippen LogP contribution in [0.25, 0.3) is 11.3 Å². The fraction of sp³-hybridized carbons (Fsp3) is 0.300. The number of rotatable bonds is 6. The van der Waals surface area contributed by atoms with Crippen LogP contribution in [0.4, 0.5) is 17.6 Å². The van der Waals surface area contributed by atoms with Crippen molar-refractivity contribution in [2.24, 2.45) is 18.5 Å². The first-order valence-electron chi connectivity index (χ1n) is 9.02. The highest BCUT2D eigenvalue weighted by Gasteiger charge is 2.35. The predicted octanol–water partition coefficient (Wildman–Crippen LogP) is 4.00. The molecule has 5 nitrogen and oxygen atoms in total. The summed E-state index contributed by atoms with van der Waals surface area (Å²) in [6.07, 6.45) is -3.59. The van der Waals surface area contributed by atoms with Gasteiger partial charge in [-0.1, -0.05) is 18.2 Å². The summed E-state index contributed by atoms with van der Waals surface area (Å²) in [7, 11) is 1.54. The number of aromatic nitrogens is 2. The monoisotopic (exact) mass is 440 g/mol. The Balaban J connectivity index is 2.20. The molecule has 2 heterocycles. The molecule has 4 N–H and O–H groups in total. The maximum Gasteiger partial charge on any atom is 0.416 e. The molecule has 0 aliphatic heterocycles. The second-order valence-electron chi connectivity index (χ2n) is 6.90. The molecule has 0 radical (unpaired) electrons. The van der Waals surface area contributed by atoms with Gasteiger partial charge in [0.15, 0.2) is 5.82 Å². The number of hydrogen-bond donors (Lipinski definition) is 2. The number of hydrogen-bond acceptors (Lipinski definition) is 4. The third-order valence-corrected chi connectivity index (χ3v) is 6.09. The summed E-state index contributed by atoms with van der Waals surface area (Å²) in [6.45, 7) is 1.63. The normalized spacial score (nSPS) is 12.9. The third kappa shape index (κ3) is 3.97. The Morgan fingerprint density at radius 1 is 1.30 bits per heavy atom. The number of aryl methyl sites for hydroxylation is 2. The lowest BCUT2D eigenvalue weighted by Gasteiger charge is -2.21. The van der Waals surface area contributed by atoms with Gasteiger partial charge >= 0.3 is 6.18 Å². The molecule has 3 aromatic rings. The zero-order valence-electron chi connectivity index (χ0n) is 16.3. The van der Waals surface area contributed by atoms with Gasteiger partial charge in [0.25, 0.3) is 5.91 Å². The topological polar surface area (TPSA) is 86.9 Å². The molecule has 30 heavy (non-hydrogen) atoms. The highest BCUT2D eigenvalue weighted by atomic mass is 32.1. The molecular formula is C20H20F4N4OS. The number of primary amides is 1. The smallest absolute Gasteiger partial charge is 0.365 e. The van der Waals surface area contributed by atoms with E-state index in [0.29, 0.717) is 16.0 Å². The summed E-state index contributed by atoms with van der Waals surface area (Å²) < 4.78 is 56.2. The number of halogens is 4. The van der Waals surface area contributed by atoms with Gasteiger partial charge in [0, 0.05) is 23.4 Å². The molecule has 0 fully saturated rings. The lowest BCUT2D eigenvalue weighted by molar-refractivity contribution is -0.138. The van der Waals surface area contributed by atoms with Crippen LogP contribution < -0.4 is 11.5 Å². The van der Waals surface area contributed by atoms with Gasteiger partial charge in [-0.3, -0.25) is 9.48 Å². The Hall–Kier alpha value is -2.72. The quantitative estimate of drug-likeness (QED) is 0.568. The van der Waals surface area contributed by atoms with Crippen LogP contribution in [0.15, 0.2) is 30.5 Å². The SMILES string of the molecule is Cc1sc(C(N)=O)c([C@@H](CN)Cc2ccccc2C(F)(F)F)c1-c1c(F)cnn1C. The predicted molar refractivity (Wildman–Crippen MR) is 107 cm³/mol. The molecule has 1 aromatic carbocycles. The van der Waals surface area contributed by atoms with Crippen molar-refractivity contribution in [3.63, 3.8) is 0 Å². The number of benzene rings is 1. The van der Waals surface area contributed by atoms with Crippen molar-refractivity contribution in [3.05, 3.63) is 62.7 Å². The van der Waals surface area contributed by atoms with Crippen LogP contribution in [-0.2, 0) is 19.6 Å². The fourth-order valence-electron chi connectivity index (χ4n) is 3.66. The summed E-state index contributed by atoms with van der Waals surface area (Å²) in [5.41, 5.74) is 11.6. The molecule has 0 saturated heterocycles. The highest BCUT2D eigenvalue weighted by molar-refractivity contribution is 7.14. The van der Waals surface area contributed by atoms with Crippen molar-refractivity contribution in [3.8, 4) is 11.3 Å². The minimum absolute atomic E-state index is 0.0381. The maximum atomic E-state index is 14.5. The van der Waals surface area contributed by atoms with E-state index in [1.54, 1.807) is 14.0 Å². The van der Waals surface area contributed by atoms with Crippen molar-refractivity contribution >= 4 is 17.2 Å². The van der Waals surface area contributed by atoms with Gasteiger partial charge in [-0.05, 0) is 37.1 Å². The number of amides is 1. The molecule has 0 aliphatic carbocycles. The summed E-state index contributed by atoms with van der Waals surface area (Å²) >= 11 is 1.07. The maximum absolute atomic E-state index is 14.5. The van der Waals surface area contributed by atoms with Crippen LogP contribution in [0.1, 0.15) is 37.2 Å². The summed E-state index contributed by atoms with van der Waals surface area (Å²) in [5, 5.41) is 3.89. The van der Waals surface area contributed by atoms with Crippen molar-refractivity contribution < 1.29 is 22.4 Å². The molecule has 3 rings (SSSR count). The average molecular weight is 440 g/mol. The second-order valence-corrected chi connectivity index (χ2v) is 8.12. The van der Waals surface area contributed by atoms with Gasteiger partial charge in [-0.25, -0.2) is 4.39 Å². The van der Waals surface area contributed by atoms with Crippen LogP contribution in [0.3, 0.4) is 0 Å². The molecule has 10 heteroatoms. The zero-order valence-corrected chi connectivity index (χ0v) is 17.1. The number of carbonyl (C=O) groups is 1. The Bertz CT molecular complexity index is 1070. The molecule has 0 bridgehead atoms. The Labute approximate surface area is 174 Å². The molecule has 0 saturated carbocycles. The first-order valence-corrected chi connectivity index (χ1v) is 9.84. The largest absolute Gasteiger partial charge is 0.416 e. The molecule has 0 unspecified atom stereocenters. The molecule has 2 aromatic heterocycles. The van der Waals surface area contributed by atoms with Crippen LogP contribution in [0, 0.1) is 12.7 Å². The molecule has 1 amide bonds. The number of alkyl halides is 3. The summed E-state index contributed by atoms with van der Waals surface area (Å²) in [5.74, 6) is -2.04. The number of thiophene rings is 1. The number of nitrogens with two attached hydrogens (primary N) is 2. The van der Waals surface area contributed by atoms with E-state index >= 15 is 0 Å².